The van der Waals surface area contributed by atoms with Crippen LogP contribution in [0.2, 0.25) is 0 Å². The third kappa shape index (κ3) is 0.962. The van der Waals surface area contributed by atoms with Crippen molar-refractivity contribution in [3.8, 4) is 0 Å². The van der Waals surface area contributed by atoms with Crippen molar-refractivity contribution in [3.63, 3.8) is 0 Å². The first-order valence-corrected chi connectivity index (χ1v) is 3.82. The first kappa shape index (κ1) is 6.02. The number of piperidine rings is 1. The molecule has 0 saturated carbocycles. The summed E-state index contributed by atoms with van der Waals surface area (Å²) in [6.45, 7) is 3.13. The van der Waals surface area contributed by atoms with Gasteiger partial charge in [-0.05, 0) is 25.3 Å². The molecule has 1 saturated heterocycles. The highest BCUT2D eigenvalue weighted by atomic mass is 14.9. The Balaban J connectivity index is 2.14. The molecular weight excluding hydrogens is 122 g/mol. The summed E-state index contributed by atoms with van der Waals surface area (Å²) < 4.78 is 0. The van der Waals surface area contributed by atoms with Crippen LogP contribution in [0.15, 0.2) is 23.9 Å². The van der Waals surface area contributed by atoms with Crippen molar-refractivity contribution in [2.45, 2.75) is 19.3 Å². The van der Waals surface area contributed by atoms with Crippen LogP contribution < -0.4 is 5.32 Å². The predicted octanol–water partition coefficient (Wildman–Crippen LogP) is 1.87. The van der Waals surface area contributed by atoms with E-state index in [0.29, 0.717) is 0 Å². The molecule has 0 aromatic rings. The van der Waals surface area contributed by atoms with Gasteiger partial charge in [-0.2, -0.15) is 0 Å². The van der Waals surface area contributed by atoms with E-state index in [9.17, 15) is 0 Å². The minimum Gasteiger partial charge on any atom is -0.378 e. The van der Waals surface area contributed by atoms with E-state index in [4.69, 9.17) is 0 Å². The van der Waals surface area contributed by atoms with Crippen LogP contribution in [0.4, 0.5) is 0 Å². The second-order valence-electron chi connectivity index (χ2n) is 2.82. The third-order valence-corrected chi connectivity index (χ3v) is 2.12. The van der Waals surface area contributed by atoms with Crippen LogP contribution in [-0.2, 0) is 0 Å². The number of nitrogens with one attached hydrogen (secondary N) is 1. The Bertz CT molecular complexity index is 179. The van der Waals surface area contributed by atoms with E-state index in [2.05, 4.69) is 30.1 Å². The monoisotopic (exact) mass is 133 g/mol. The fourth-order valence-corrected chi connectivity index (χ4v) is 1.51. The summed E-state index contributed by atoms with van der Waals surface area (Å²) in [4.78, 5) is 0. The molecule has 1 N–H and O–H groups in total. The van der Waals surface area contributed by atoms with E-state index in [0.717, 1.165) is 12.3 Å². The molecule has 2 aliphatic rings. The Morgan fingerprint density at radius 1 is 1.60 bits per heavy atom. The highest BCUT2D eigenvalue weighted by Gasteiger charge is 2.18. The Hall–Kier alpha value is -0.720. The molecule has 0 aromatic heterocycles. The van der Waals surface area contributed by atoms with Gasteiger partial charge >= 0.3 is 0 Å². The van der Waals surface area contributed by atoms with Crippen LogP contribution in [0.3, 0.4) is 0 Å². The van der Waals surface area contributed by atoms with Crippen molar-refractivity contribution in [3.05, 3.63) is 30.5 Å². The number of fused-ring (bicyclic) bond motifs is 1. The Labute approximate surface area is 61.8 Å². The number of hydrogen-bond acceptors (Lipinski definition) is 1. The first-order valence-electron chi connectivity index (χ1n) is 3.82. The van der Waals surface area contributed by atoms with Crippen molar-refractivity contribution in [2.24, 2.45) is 5.92 Å². The summed E-state index contributed by atoms with van der Waals surface area (Å²) in [5.74, 6) is 0.756. The second kappa shape index (κ2) is 2.49. The molecule has 1 nitrogen and oxygen atoms in total. The maximum absolute atomic E-state index is 3.18. The van der Waals surface area contributed by atoms with E-state index in [-0.39, 0.29) is 0 Å². The predicted molar refractivity (Wildman–Crippen MR) is 40.9 cm³/mol. The maximum atomic E-state index is 3.18. The molecule has 1 heterocycles. The summed E-state index contributed by atoms with van der Waals surface area (Å²) in [5.41, 5.74) is 1.36. The topological polar surface area (TPSA) is 12.0 Å². The average molecular weight is 133 g/mol. The van der Waals surface area contributed by atoms with Gasteiger partial charge in [-0.3, -0.25) is 0 Å². The summed E-state index contributed by atoms with van der Waals surface area (Å²) in [6.07, 6.45) is 10.1. The first-order chi connectivity index (χ1) is 4.97. The quantitative estimate of drug-likeness (QED) is 0.532. The highest BCUT2D eigenvalue weighted by Crippen LogP contribution is 2.27. The van der Waals surface area contributed by atoms with Gasteiger partial charge in [0.1, 0.15) is 0 Å². The molecule has 1 heteroatoms. The van der Waals surface area contributed by atoms with Gasteiger partial charge in [0.15, 0.2) is 0 Å². The molecule has 52 valence electrons. The molecule has 10 heavy (non-hydrogen) atoms. The summed E-state index contributed by atoms with van der Waals surface area (Å²) >= 11 is 0. The molecule has 2 rings (SSSR count). The van der Waals surface area contributed by atoms with Crippen LogP contribution in [0.25, 0.3) is 0 Å². The molecule has 2 radical (unpaired) electrons. The SMILES string of the molecule is [C]1CCC2CC=CC=C2N1. The normalized spacial score (nSPS) is 30.4. The van der Waals surface area contributed by atoms with E-state index in [1.54, 1.807) is 0 Å². The molecule has 1 fully saturated rings. The van der Waals surface area contributed by atoms with Crippen molar-refractivity contribution in [2.75, 3.05) is 0 Å². The molecular formula is C9H11N. The van der Waals surface area contributed by atoms with Gasteiger partial charge in [-0.25, -0.2) is 0 Å². The summed E-state index contributed by atoms with van der Waals surface area (Å²) in [7, 11) is 0. The van der Waals surface area contributed by atoms with Gasteiger partial charge in [0.2, 0.25) is 0 Å². The minimum atomic E-state index is 0.756. The lowest BCUT2D eigenvalue weighted by atomic mass is 9.89. The van der Waals surface area contributed by atoms with Gasteiger partial charge in [0.05, 0.1) is 6.54 Å². The lowest BCUT2D eigenvalue weighted by molar-refractivity contribution is 0.479. The van der Waals surface area contributed by atoms with E-state index < -0.39 is 0 Å². The average Bonchev–Trinajstić information content (AvgIpc) is 2.05. The van der Waals surface area contributed by atoms with Crippen LogP contribution in [0.1, 0.15) is 19.3 Å². The van der Waals surface area contributed by atoms with Crippen molar-refractivity contribution in [1.82, 2.24) is 5.32 Å². The zero-order valence-corrected chi connectivity index (χ0v) is 5.93. The molecule has 0 amide bonds. The standard InChI is InChI=1S/C9H11N/c1-2-6-9-8(4-1)5-3-7-10-9/h1-2,6,8,10H,3-5H2. The van der Waals surface area contributed by atoms with Gasteiger partial charge < -0.3 is 5.32 Å². The molecule has 0 aromatic carbocycles. The molecule has 1 atom stereocenters. The summed E-state index contributed by atoms with van der Waals surface area (Å²) in [5, 5.41) is 3.18. The van der Waals surface area contributed by atoms with Crippen molar-refractivity contribution < 1.29 is 0 Å². The van der Waals surface area contributed by atoms with Gasteiger partial charge in [-0.15, -0.1) is 0 Å². The molecule has 0 spiro atoms. The van der Waals surface area contributed by atoms with E-state index >= 15 is 0 Å². The maximum Gasteiger partial charge on any atom is 0.0878 e. The van der Waals surface area contributed by atoms with Crippen molar-refractivity contribution >= 4 is 0 Å². The minimum absolute atomic E-state index is 0.756. The van der Waals surface area contributed by atoms with Crippen LogP contribution in [-0.4, -0.2) is 0 Å². The number of hydrogen-bond donors (Lipinski definition) is 1. The van der Waals surface area contributed by atoms with E-state index in [1.807, 2.05) is 0 Å². The van der Waals surface area contributed by atoms with Gasteiger partial charge in [0, 0.05) is 11.6 Å². The fourth-order valence-electron chi connectivity index (χ4n) is 1.51. The highest BCUT2D eigenvalue weighted by molar-refractivity contribution is 5.21. The van der Waals surface area contributed by atoms with Crippen LogP contribution in [0, 0.1) is 12.5 Å². The molecule has 0 bridgehead atoms. The van der Waals surface area contributed by atoms with Crippen molar-refractivity contribution in [1.29, 1.82) is 0 Å². The lowest BCUT2D eigenvalue weighted by Crippen LogP contribution is -2.24. The Morgan fingerprint density at radius 3 is 3.50 bits per heavy atom. The zero-order chi connectivity index (χ0) is 6.81. The largest absolute Gasteiger partial charge is 0.378 e. The van der Waals surface area contributed by atoms with Crippen LogP contribution in [0.5, 0.6) is 0 Å². The third-order valence-electron chi connectivity index (χ3n) is 2.12. The number of allylic oxidation sites excluding steroid dienone is 4. The van der Waals surface area contributed by atoms with E-state index in [1.165, 1.54) is 18.5 Å². The zero-order valence-electron chi connectivity index (χ0n) is 5.93. The molecule has 1 aliphatic carbocycles. The summed E-state index contributed by atoms with van der Waals surface area (Å²) in [6, 6.07) is 0. The Morgan fingerprint density at radius 2 is 2.60 bits per heavy atom. The smallest absolute Gasteiger partial charge is 0.0878 e. The van der Waals surface area contributed by atoms with Crippen LogP contribution >= 0.6 is 0 Å². The fraction of sp³-hybridized carbons (Fsp3) is 0.444. The second-order valence-corrected chi connectivity index (χ2v) is 2.82. The Kier molecular flexibility index (Phi) is 1.50. The van der Waals surface area contributed by atoms with Gasteiger partial charge in [-0.1, -0.05) is 12.2 Å². The lowest BCUT2D eigenvalue weighted by Gasteiger charge is -2.26. The molecule has 1 unspecified atom stereocenters. The van der Waals surface area contributed by atoms with Gasteiger partial charge in [0.25, 0.3) is 0 Å². The number of rotatable bonds is 0. The molecule has 1 aliphatic heterocycles.